The molecule has 1 aliphatic heterocycles. The lowest BCUT2D eigenvalue weighted by molar-refractivity contribution is 0.126. The van der Waals surface area contributed by atoms with Crippen molar-refractivity contribution in [3.05, 3.63) is 70.7 Å². The SMILES string of the molecule is CCCC(CCC)c1nc2c(C3=CCc4ccccc4CCN=C3)cnn2cc1COCN. The van der Waals surface area contributed by atoms with E-state index in [2.05, 4.69) is 55.5 Å². The van der Waals surface area contributed by atoms with E-state index in [0.29, 0.717) is 12.5 Å². The lowest BCUT2D eigenvalue weighted by Crippen LogP contribution is -2.12. The predicted octanol–water partition coefficient (Wildman–Crippen LogP) is 5.10. The van der Waals surface area contributed by atoms with E-state index in [9.17, 15) is 0 Å². The van der Waals surface area contributed by atoms with Crippen molar-refractivity contribution in [1.82, 2.24) is 14.6 Å². The number of hydrogen-bond acceptors (Lipinski definition) is 5. The first-order valence-corrected chi connectivity index (χ1v) is 12.2. The Balaban J connectivity index is 1.78. The molecular formula is C27H35N5O. The second-order valence-electron chi connectivity index (χ2n) is 8.68. The maximum atomic E-state index is 5.62. The lowest BCUT2D eigenvalue weighted by atomic mass is 9.92. The van der Waals surface area contributed by atoms with E-state index in [0.717, 1.165) is 73.1 Å². The van der Waals surface area contributed by atoms with Crippen molar-refractivity contribution in [2.45, 2.75) is 64.9 Å². The molecule has 0 spiro atoms. The van der Waals surface area contributed by atoms with Crippen LogP contribution in [0.25, 0.3) is 11.2 Å². The highest BCUT2D eigenvalue weighted by Gasteiger charge is 2.20. The molecule has 0 fully saturated rings. The summed E-state index contributed by atoms with van der Waals surface area (Å²) in [5.41, 5.74) is 13.5. The van der Waals surface area contributed by atoms with Gasteiger partial charge in [-0.25, -0.2) is 9.50 Å². The van der Waals surface area contributed by atoms with Crippen LogP contribution in [0.5, 0.6) is 0 Å². The second kappa shape index (κ2) is 11.3. The van der Waals surface area contributed by atoms with E-state index in [1.165, 1.54) is 11.1 Å². The number of hydrogen-bond donors (Lipinski definition) is 1. The molecule has 33 heavy (non-hydrogen) atoms. The zero-order chi connectivity index (χ0) is 23.0. The van der Waals surface area contributed by atoms with Gasteiger partial charge in [0.2, 0.25) is 0 Å². The number of fused-ring (bicyclic) bond motifs is 2. The fraction of sp³-hybridized carbons (Fsp3) is 0.444. The molecule has 0 bridgehead atoms. The molecule has 2 N–H and O–H groups in total. The minimum absolute atomic E-state index is 0.193. The Bertz CT molecular complexity index is 1120. The molecule has 0 saturated heterocycles. The van der Waals surface area contributed by atoms with E-state index in [4.69, 9.17) is 20.4 Å². The Morgan fingerprint density at radius 2 is 1.91 bits per heavy atom. The van der Waals surface area contributed by atoms with Crippen molar-refractivity contribution in [2.24, 2.45) is 10.7 Å². The van der Waals surface area contributed by atoms with Crippen LogP contribution < -0.4 is 5.73 Å². The van der Waals surface area contributed by atoms with Gasteiger partial charge in [0.1, 0.15) is 0 Å². The first-order chi connectivity index (χ1) is 16.2. The highest BCUT2D eigenvalue weighted by molar-refractivity contribution is 6.12. The summed E-state index contributed by atoms with van der Waals surface area (Å²) < 4.78 is 7.45. The summed E-state index contributed by atoms with van der Waals surface area (Å²) in [5.74, 6) is 0.402. The molecule has 1 aromatic carbocycles. The average Bonchev–Trinajstić information content (AvgIpc) is 3.28. The molecule has 0 amide bonds. The second-order valence-corrected chi connectivity index (χ2v) is 8.68. The third-order valence-electron chi connectivity index (χ3n) is 6.35. The van der Waals surface area contributed by atoms with Crippen LogP contribution in [-0.4, -0.2) is 34.1 Å². The van der Waals surface area contributed by atoms with Gasteiger partial charge in [-0.2, -0.15) is 5.10 Å². The third-order valence-corrected chi connectivity index (χ3v) is 6.35. The van der Waals surface area contributed by atoms with Crippen molar-refractivity contribution in [3.63, 3.8) is 0 Å². The summed E-state index contributed by atoms with van der Waals surface area (Å²) in [6.07, 6.45) is 14.5. The number of rotatable bonds is 9. The summed E-state index contributed by atoms with van der Waals surface area (Å²) in [6, 6.07) is 8.64. The number of ether oxygens (including phenoxy) is 1. The number of allylic oxidation sites excluding steroid dienone is 2. The van der Waals surface area contributed by atoms with E-state index in [1.807, 2.05) is 16.9 Å². The maximum absolute atomic E-state index is 5.62. The maximum Gasteiger partial charge on any atom is 0.163 e. The molecular weight excluding hydrogens is 410 g/mol. The first-order valence-electron chi connectivity index (χ1n) is 12.2. The summed E-state index contributed by atoms with van der Waals surface area (Å²) in [6.45, 7) is 5.89. The van der Waals surface area contributed by atoms with Gasteiger partial charge in [-0.1, -0.05) is 57.0 Å². The molecule has 6 nitrogen and oxygen atoms in total. The van der Waals surface area contributed by atoms with Crippen LogP contribution in [0.1, 0.15) is 73.4 Å². The molecule has 0 unspecified atom stereocenters. The molecule has 4 rings (SSSR count). The van der Waals surface area contributed by atoms with E-state index in [1.54, 1.807) is 0 Å². The van der Waals surface area contributed by atoms with Crippen molar-refractivity contribution in [2.75, 3.05) is 13.3 Å². The molecule has 3 heterocycles. The molecule has 1 aliphatic rings. The van der Waals surface area contributed by atoms with Crippen molar-refractivity contribution >= 4 is 17.4 Å². The molecule has 0 saturated carbocycles. The van der Waals surface area contributed by atoms with Gasteiger partial charge in [-0.05, 0) is 36.8 Å². The van der Waals surface area contributed by atoms with Crippen molar-refractivity contribution < 1.29 is 4.74 Å². The number of benzene rings is 1. The molecule has 2 aromatic heterocycles. The lowest BCUT2D eigenvalue weighted by Gasteiger charge is -2.19. The fourth-order valence-electron chi connectivity index (χ4n) is 4.71. The predicted molar refractivity (Wildman–Crippen MR) is 135 cm³/mol. The van der Waals surface area contributed by atoms with Gasteiger partial charge in [0.25, 0.3) is 0 Å². The topological polar surface area (TPSA) is 77.8 Å². The Morgan fingerprint density at radius 3 is 2.67 bits per heavy atom. The highest BCUT2D eigenvalue weighted by Crippen LogP contribution is 2.30. The van der Waals surface area contributed by atoms with Crippen molar-refractivity contribution in [3.8, 4) is 0 Å². The van der Waals surface area contributed by atoms with Crippen LogP contribution >= 0.6 is 0 Å². The monoisotopic (exact) mass is 445 g/mol. The normalized spacial score (nSPS) is 14.1. The Kier molecular flexibility index (Phi) is 8.02. The smallest absolute Gasteiger partial charge is 0.163 e. The van der Waals surface area contributed by atoms with Crippen LogP contribution in [0.3, 0.4) is 0 Å². The largest absolute Gasteiger partial charge is 0.362 e. The van der Waals surface area contributed by atoms with E-state index >= 15 is 0 Å². The zero-order valence-corrected chi connectivity index (χ0v) is 19.8. The standard InChI is InChI=1S/C27H35N5O/c1-3-7-22(8-4-2)26-24(18-33-19-28)17-32-27(31-26)25(16-30-32)23-12-11-20-9-5-6-10-21(20)13-14-29-15-23/h5-6,9-10,12,15-17,22H,3-4,7-8,11,13-14,18-19,28H2,1-2H3. The Labute approximate surface area is 196 Å². The molecule has 0 radical (unpaired) electrons. The molecule has 3 aromatic rings. The van der Waals surface area contributed by atoms with Gasteiger partial charge in [0, 0.05) is 41.6 Å². The zero-order valence-electron chi connectivity index (χ0n) is 19.8. The van der Waals surface area contributed by atoms with E-state index in [-0.39, 0.29) is 6.73 Å². The molecule has 6 heteroatoms. The quantitative estimate of drug-likeness (QED) is 0.465. The number of aromatic nitrogens is 3. The molecule has 0 atom stereocenters. The van der Waals surface area contributed by atoms with Gasteiger partial charge >= 0.3 is 0 Å². The van der Waals surface area contributed by atoms with Crippen LogP contribution in [0.15, 0.2) is 47.7 Å². The minimum Gasteiger partial charge on any atom is -0.362 e. The van der Waals surface area contributed by atoms with Gasteiger partial charge < -0.3 is 10.5 Å². The van der Waals surface area contributed by atoms with Crippen LogP contribution in [0.4, 0.5) is 0 Å². The van der Waals surface area contributed by atoms with Crippen molar-refractivity contribution in [1.29, 1.82) is 0 Å². The highest BCUT2D eigenvalue weighted by atomic mass is 16.5. The van der Waals surface area contributed by atoms with Crippen LogP contribution in [0, 0.1) is 0 Å². The fourth-order valence-corrected chi connectivity index (χ4v) is 4.71. The van der Waals surface area contributed by atoms with Gasteiger partial charge in [-0.3, -0.25) is 4.99 Å². The first kappa shape index (κ1) is 23.3. The summed E-state index contributed by atoms with van der Waals surface area (Å²) in [4.78, 5) is 9.92. The van der Waals surface area contributed by atoms with E-state index < -0.39 is 0 Å². The third kappa shape index (κ3) is 5.40. The summed E-state index contributed by atoms with van der Waals surface area (Å²) >= 11 is 0. The molecule has 0 aliphatic carbocycles. The average molecular weight is 446 g/mol. The summed E-state index contributed by atoms with van der Waals surface area (Å²) in [7, 11) is 0. The van der Waals surface area contributed by atoms with Gasteiger partial charge in [0.05, 0.1) is 25.2 Å². The van der Waals surface area contributed by atoms with Crippen LogP contribution in [-0.2, 0) is 24.2 Å². The Morgan fingerprint density at radius 1 is 1.12 bits per heavy atom. The van der Waals surface area contributed by atoms with Gasteiger partial charge in [0.15, 0.2) is 5.65 Å². The van der Waals surface area contributed by atoms with Gasteiger partial charge in [-0.15, -0.1) is 0 Å². The molecule has 174 valence electrons. The number of nitrogens with zero attached hydrogens (tertiary/aromatic N) is 4. The Hall–Kier alpha value is -2.83. The number of aliphatic imine (C=N–C) groups is 1. The number of nitrogens with two attached hydrogens (primary N) is 1. The minimum atomic E-state index is 0.193. The summed E-state index contributed by atoms with van der Waals surface area (Å²) in [5, 5.41) is 4.64. The van der Waals surface area contributed by atoms with Crippen LogP contribution in [0.2, 0.25) is 0 Å².